The van der Waals surface area contributed by atoms with Gasteiger partial charge in [-0.2, -0.15) is 13.5 Å². The van der Waals surface area contributed by atoms with Crippen LogP contribution in [0.5, 0.6) is 0 Å². The van der Waals surface area contributed by atoms with Crippen LogP contribution in [0.3, 0.4) is 0 Å². The Labute approximate surface area is 202 Å². The Morgan fingerprint density at radius 3 is 2.79 bits per heavy atom. The van der Waals surface area contributed by atoms with Crippen LogP contribution in [0.15, 0.2) is 35.3 Å². The Hall–Kier alpha value is -2.23. The van der Waals surface area contributed by atoms with Gasteiger partial charge < -0.3 is 5.32 Å². The topological polar surface area (TPSA) is 112 Å². The summed E-state index contributed by atoms with van der Waals surface area (Å²) in [6, 6.07) is 11.0. The molecule has 34 heavy (non-hydrogen) atoms. The van der Waals surface area contributed by atoms with Gasteiger partial charge in [0.2, 0.25) is 0 Å². The first-order valence-electron chi connectivity index (χ1n) is 12.6. The minimum absolute atomic E-state index is 0.191. The summed E-state index contributed by atoms with van der Waals surface area (Å²) in [7, 11) is -3.85. The van der Waals surface area contributed by atoms with E-state index in [-0.39, 0.29) is 12.5 Å². The summed E-state index contributed by atoms with van der Waals surface area (Å²) < 4.78 is 28.8. The van der Waals surface area contributed by atoms with Crippen LogP contribution in [0.25, 0.3) is 11.3 Å². The van der Waals surface area contributed by atoms with Gasteiger partial charge in [0.1, 0.15) is 11.7 Å². The maximum Gasteiger partial charge on any atom is 0.333 e. The molecule has 5 rings (SSSR count). The molecule has 2 heterocycles. The van der Waals surface area contributed by atoms with Gasteiger partial charge in [-0.15, -0.1) is 0 Å². The monoisotopic (exact) mass is 485 g/mol. The minimum atomic E-state index is -3.85. The smallest absolute Gasteiger partial charge is 0.333 e. The second-order valence-corrected chi connectivity index (χ2v) is 11.2. The van der Waals surface area contributed by atoms with Crippen molar-refractivity contribution in [3.63, 3.8) is 0 Å². The number of hydrogen-bond acceptors (Lipinski definition) is 6. The van der Waals surface area contributed by atoms with Crippen molar-refractivity contribution >= 4 is 22.0 Å². The van der Waals surface area contributed by atoms with Crippen LogP contribution >= 0.6 is 0 Å². The molecular formula is C25H35N5O3S. The number of hydrogen-bond donors (Lipinski definition) is 2. The first-order chi connectivity index (χ1) is 16.4. The molecule has 1 aromatic heterocycles. The lowest BCUT2D eigenvalue weighted by Gasteiger charge is -2.18. The first-order valence-corrected chi connectivity index (χ1v) is 14.1. The molecule has 2 saturated carbocycles. The molecule has 2 atom stereocenters. The van der Waals surface area contributed by atoms with Gasteiger partial charge in [-0.1, -0.05) is 37.5 Å². The molecule has 2 unspecified atom stereocenters. The SMILES string of the molecule is NS(=O)(=O)OCC1CCC(CCN=C2CCNc3cc(-c4cccc(C5CCCC5)c4)nn32)C1. The highest BCUT2D eigenvalue weighted by Crippen LogP contribution is 2.36. The number of benzene rings is 1. The molecule has 2 aromatic rings. The lowest BCUT2D eigenvalue weighted by molar-refractivity contribution is 0.252. The first kappa shape index (κ1) is 23.5. The molecule has 1 aromatic carbocycles. The molecule has 1 aliphatic heterocycles. The highest BCUT2D eigenvalue weighted by molar-refractivity contribution is 7.84. The highest BCUT2D eigenvalue weighted by Gasteiger charge is 2.26. The Kier molecular flexibility index (Phi) is 7.04. The maximum atomic E-state index is 11.0. The summed E-state index contributed by atoms with van der Waals surface area (Å²) in [5, 5.41) is 13.3. The standard InChI is InChI=1S/C25H35N5O3S/c26-34(31,32)33-17-19-9-8-18(14-19)10-12-27-24-11-13-28-25-16-23(29-30(24)25)22-7-3-6-21(15-22)20-4-1-2-5-20/h3,6-7,15-16,18-20,28H,1-2,4-5,8-14,17H2,(H2,26,31,32). The number of rotatable bonds is 8. The predicted molar refractivity (Wildman–Crippen MR) is 134 cm³/mol. The summed E-state index contributed by atoms with van der Waals surface area (Å²) in [5.74, 6) is 3.52. The molecule has 9 heteroatoms. The number of fused-ring (bicyclic) bond motifs is 1. The van der Waals surface area contributed by atoms with Crippen molar-refractivity contribution in [2.24, 2.45) is 22.0 Å². The van der Waals surface area contributed by atoms with Gasteiger partial charge in [0, 0.05) is 31.1 Å². The molecule has 0 bridgehead atoms. The molecule has 0 spiro atoms. The predicted octanol–water partition coefficient (Wildman–Crippen LogP) is 4.30. The van der Waals surface area contributed by atoms with Gasteiger partial charge in [0.25, 0.3) is 0 Å². The maximum absolute atomic E-state index is 11.0. The van der Waals surface area contributed by atoms with Crippen molar-refractivity contribution in [1.29, 1.82) is 0 Å². The van der Waals surface area contributed by atoms with E-state index < -0.39 is 10.3 Å². The average molecular weight is 486 g/mol. The van der Waals surface area contributed by atoms with Crippen LogP contribution < -0.4 is 10.5 Å². The third kappa shape index (κ3) is 5.70. The van der Waals surface area contributed by atoms with E-state index in [1.54, 1.807) is 0 Å². The zero-order chi connectivity index (χ0) is 23.5. The fourth-order valence-corrected chi connectivity index (χ4v) is 6.15. The van der Waals surface area contributed by atoms with Crippen molar-refractivity contribution in [1.82, 2.24) is 9.78 Å². The number of aliphatic imine (C=N–C) groups is 1. The Balaban J connectivity index is 1.21. The minimum Gasteiger partial charge on any atom is -0.369 e. The number of nitrogens with two attached hydrogens (primary N) is 1. The average Bonchev–Trinajstić information content (AvgIpc) is 3.58. The summed E-state index contributed by atoms with van der Waals surface area (Å²) in [6.07, 6.45) is 10.1. The Morgan fingerprint density at radius 1 is 1.15 bits per heavy atom. The summed E-state index contributed by atoms with van der Waals surface area (Å²) in [6.45, 7) is 1.81. The van der Waals surface area contributed by atoms with Crippen LogP contribution in [0, 0.1) is 11.8 Å². The van der Waals surface area contributed by atoms with E-state index in [4.69, 9.17) is 19.4 Å². The van der Waals surface area contributed by atoms with Gasteiger partial charge in [0.05, 0.1) is 12.3 Å². The number of nitrogens with zero attached hydrogens (tertiary/aromatic N) is 3. The van der Waals surface area contributed by atoms with Gasteiger partial charge in [-0.3, -0.25) is 9.18 Å². The normalized spacial score (nSPS) is 24.4. The highest BCUT2D eigenvalue weighted by atomic mass is 32.2. The molecule has 3 aliphatic rings. The molecule has 3 N–H and O–H groups in total. The molecule has 0 amide bonds. The van der Waals surface area contributed by atoms with Crippen LogP contribution in [-0.4, -0.2) is 43.7 Å². The molecule has 0 radical (unpaired) electrons. The fraction of sp³-hybridized carbons (Fsp3) is 0.600. The van der Waals surface area contributed by atoms with Crippen molar-refractivity contribution < 1.29 is 12.6 Å². The van der Waals surface area contributed by atoms with Gasteiger partial charge in [0.15, 0.2) is 0 Å². The van der Waals surface area contributed by atoms with Gasteiger partial charge in [-0.05, 0) is 61.5 Å². The van der Waals surface area contributed by atoms with Crippen molar-refractivity contribution in [2.75, 3.05) is 25.0 Å². The Bertz CT molecular complexity index is 1140. The molecule has 2 fully saturated rings. The van der Waals surface area contributed by atoms with E-state index in [0.29, 0.717) is 11.8 Å². The van der Waals surface area contributed by atoms with Crippen molar-refractivity contribution in [2.45, 2.75) is 63.7 Å². The summed E-state index contributed by atoms with van der Waals surface area (Å²) in [4.78, 5) is 4.92. The molecule has 184 valence electrons. The van der Waals surface area contributed by atoms with Crippen molar-refractivity contribution in [3.05, 3.63) is 35.9 Å². The summed E-state index contributed by atoms with van der Waals surface area (Å²) >= 11 is 0. The number of anilines is 1. The van der Waals surface area contributed by atoms with Gasteiger partial charge >= 0.3 is 10.3 Å². The van der Waals surface area contributed by atoms with Crippen LogP contribution in [-0.2, 0) is 14.5 Å². The van der Waals surface area contributed by atoms with E-state index >= 15 is 0 Å². The second-order valence-electron chi connectivity index (χ2n) is 10.0. The quantitative estimate of drug-likeness (QED) is 0.579. The van der Waals surface area contributed by atoms with Crippen LogP contribution in [0.1, 0.15) is 69.3 Å². The number of nitrogens with one attached hydrogen (secondary N) is 1. The molecule has 0 saturated heterocycles. The zero-order valence-corrected chi connectivity index (χ0v) is 20.5. The van der Waals surface area contributed by atoms with E-state index in [0.717, 1.165) is 62.5 Å². The largest absolute Gasteiger partial charge is 0.369 e. The molecular weight excluding hydrogens is 450 g/mol. The second kappa shape index (κ2) is 10.2. The lowest BCUT2D eigenvalue weighted by atomic mass is 9.95. The van der Waals surface area contributed by atoms with E-state index in [1.165, 1.54) is 36.8 Å². The summed E-state index contributed by atoms with van der Waals surface area (Å²) in [5.41, 5.74) is 3.60. The number of aromatic nitrogens is 2. The Morgan fingerprint density at radius 2 is 1.97 bits per heavy atom. The van der Waals surface area contributed by atoms with Gasteiger partial charge in [-0.25, -0.2) is 9.82 Å². The third-order valence-electron chi connectivity index (χ3n) is 7.57. The lowest BCUT2D eigenvalue weighted by Crippen LogP contribution is -2.26. The van der Waals surface area contributed by atoms with Crippen LogP contribution in [0.2, 0.25) is 0 Å². The zero-order valence-electron chi connectivity index (χ0n) is 19.7. The van der Waals surface area contributed by atoms with Crippen LogP contribution in [0.4, 0.5) is 5.82 Å². The van der Waals surface area contributed by atoms with E-state index in [9.17, 15) is 8.42 Å². The van der Waals surface area contributed by atoms with E-state index in [1.807, 2.05) is 4.68 Å². The van der Waals surface area contributed by atoms with E-state index in [2.05, 4.69) is 35.6 Å². The molecule has 8 nitrogen and oxygen atoms in total. The third-order valence-corrected chi connectivity index (χ3v) is 8.03. The van der Waals surface area contributed by atoms with Crippen molar-refractivity contribution in [3.8, 4) is 11.3 Å². The molecule has 2 aliphatic carbocycles. The fourth-order valence-electron chi connectivity index (χ4n) is 5.77.